The number of Topliss-reactive ketones (excluding diaryl/α,β-unsaturated/α-hetero) is 2. The molecule has 1 heterocycles. The molecule has 0 bridgehead atoms. The van der Waals surface area contributed by atoms with Crippen LogP contribution in [0.3, 0.4) is 0 Å². The fourth-order valence-electron chi connectivity index (χ4n) is 2.82. The van der Waals surface area contributed by atoms with Crippen molar-refractivity contribution in [1.82, 2.24) is 5.32 Å². The van der Waals surface area contributed by atoms with Gasteiger partial charge in [0.15, 0.2) is 5.78 Å². The molecule has 0 fully saturated rings. The largest absolute Gasteiger partial charge is 0.349 e. The quantitative estimate of drug-likeness (QED) is 0.589. The van der Waals surface area contributed by atoms with Gasteiger partial charge in [-0.25, -0.2) is 0 Å². The van der Waals surface area contributed by atoms with E-state index in [0.29, 0.717) is 4.88 Å². The standard InChI is InChI=1S/C22H27NO3S/c1-4-19(17-8-5-15(2)6-9-17)23-22(26)14-11-18(24)10-12-20(25)21-13-7-16(3)27-21/h5-9,13,19H,4,10-12,14H2,1-3H3,(H,23,26). The van der Waals surface area contributed by atoms with Gasteiger partial charge in [-0.2, -0.15) is 0 Å². The van der Waals surface area contributed by atoms with Crippen molar-refractivity contribution in [1.29, 1.82) is 0 Å². The van der Waals surface area contributed by atoms with Crippen molar-refractivity contribution in [2.24, 2.45) is 0 Å². The highest BCUT2D eigenvalue weighted by Crippen LogP contribution is 2.19. The van der Waals surface area contributed by atoms with Gasteiger partial charge in [-0.3, -0.25) is 14.4 Å². The third kappa shape index (κ3) is 6.75. The molecule has 2 rings (SSSR count). The van der Waals surface area contributed by atoms with E-state index in [4.69, 9.17) is 0 Å². The number of hydrogen-bond donors (Lipinski definition) is 1. The van der Waals surface area contributed by atoms with E-state index < -0.39 is 0 Å². The van der Waals surface area contributed by atoms with Gasteiger partial charge in [0.05, 0.1) is 10.9 Å². The molecule has 0 radical (unpaired) electrons. The van der Waals surface area contributed by atoms with E-state index >= 15 is 0 Å². The number of benzene rings is 1. The molecule has 0 aliphatic carbocycles. The Morgan fingerprint density at radius 2 is 1.59 bits per heavy atom. The van der Waals surface area contributed by atoms with Gasteiger partial charge < -0.3 is 5.32 Å². The van der Waals surface area contributed by atoms with Gasteiger partial charge >= 0.3 is 0 Å². The highest BCUT2D eigenvalue weighted by molar-refractivity contribution is 7.14. The van der Waals surface area contributed by atoms with Crippen molar-refractivity contribution in [2.45, 2.75) is 58.9 Å². The van der Waals surface area contributed by atoms with Gasteiger partial charge in [0.2, 0.25) is 5.91 Å². The summed E-state index contributed by atoms with van der Waals surface area (Å²) in [5, 5.41) is 2.99. The molecule has 0 spiro atoms. The zero-order chi connectivity index (χ0) is 19.8. The van der Waals surface area contributed by atoms with Crippen LogP contribution in [0.5, 0.6) is 0 Å². The van der Waals surface area contributed by atoms with E-state index in [1.807, 2.05) is 51.1 Å². The number of ketones is 2. The van der Waals surface area contributed by atoms with Gasteiger partial charge in [0.25, 0.3) is 0 Å². The minimum atomic E-state index is -0.129. The number of rotatable bonds is 10. The van der Waals surface area contributed by atoms with Crippen molar-refractivity contribution in [3.8, 4) is 0 Å². The maximum atomic E-state index is 12.2. The lowest BCUT2D eigenvalue weighted by molar-refractivity contribution is -0.125. The normalized spacial score (nSPS) is 11.8. The molecule has 1 atom stereocenters. The predicted octanol–water partition coefficient (Wildman–Crippen LogP) is 4.94. The van der Waals surface area contributed by atoms with Crippen molar-refractivity contribution in [3.05, 3.63) is 57.3 Å². The number of thiophene rings is 1. The Kier molecular flexibility index (Phi) is 7.92. The van der Waals surface area contributed by atoms with Crippen molar-refractivity contribution < 1.29 is 14.4 Å². The topological polar surface area (TPSA) is 63.2 Å². The lowest BCUT2D eigenvalue weighted by Crippen LogP contribution is -2.28. The molecule has 0 saturated carbocycles. The first kappa shape index (κ1) is 21.0. The molecular weight excluding hydrogens is 358 g/mol. The third-order valence-corrected chi connectivity index (χ3v) is 5.54. The average Bonchev–Trinajstić information content (AvgIpc) is 3.09. The van der Waals surface area contributed by atoms with E-state index in [9.17, 15) is 14.4 Å². The summed E-state index contributed by atoms with van der Waals surface area (Å²) in [4.78, 5) is 38.0. The van der Waals surface area contributed by atoms with Crippen LogP contribution in [0.15, 0.2) is 36.4 Å². The summed E-state index contributed by atoms with van der Waals surface area (Å²) in [7, 11) is 0. The SMILES string of the molecule is CCC(NC(=O)CCC(=O)CCC(=O)c1ccc(C)s1)c1ccc(C)cc1. The monoisotopic (exact) mass is 385 g/mol. The predicted molar refractivity (Wildman–Crippen MR) is 109 cm³/mol. The van der Waals surface area contributed by atoms with Gasteiger partial charge in [-0.05, 0) is 38.0 Å². The number of aryl methyl sites for hydroxylation is 2. The highest BCUT2D eigenvalue weighted by atomic mass is 32.1. The summed E-state index contributed by atoms with van der Waals surface area (Å²) in [5.74, 6) is -0.178. The molecule has 1 aromatic carbocycles. The Morgan fingerprint density at radius 3 is 2.19 bits per heavy atom. The Balaban J connectivity index is 1.74. The first-order chi connectivity index (χ1) is 12.9. The van der Waals surface area contributed by atoms with Gasteiger partial charge in [-0.15, -0.1) is 11.3 Å². The first-order valence-corrected chi connectivity index (χ1v) is 10.2. The molecule has 2 aromatic rings. The van der Waals surface area contributed by atoms with E-state index in [1.165, 1.54) is 16.9 Å². The Labute approximate surface area is 165 Å². The number of amides is 1. The zero-order valence-electron chi connectivity index (χ0n) is 16.2. The van der Waals surface area contributed by atoms with Crippen LogP contribution in [0, 0.1) is 13.8 Å². The summed E-state index contributed by atoms with van der Waals surface area (Å²) in [6.07, 6.45) is 1.53. The third-order valence-electron chi connectivity index (χ3n) is 4.50. The molecule has 1 N–H and O–H groups in total. The molecule has 1 unspecified atom stereocenters. The van der Waals surface area contributed by atoms with E-state index in [-0.39, 0.29) is 49.2 Å². The minimum absolute atomic E-state index is 0.00341. The van der Waals surface area contributed by atoms with Crippen LogP contribution in [0.1, 0.15) is 70.7 Å². The lowest BCUT2D eigenvalue weighted by Gasteiger charge is -2.17. The molecule has 0 saturated heterocycles. The van der Waals surface area contributed by atoms with Crippen LogP contribution in [0.4, 0.5) is 0 Å². The fraction of sp³-hybridized carbons (Fsp3) is 0.409. The molecule has 1 amide bonds. The number of carbonyl (C=O) groups is 3. The molecule has 0 aliphatic rings. The van der Waals surface area contributed by atoms with Gasteiger partial charge in [0, 0.05) is 30.6 Å². The second kappa shape index (κ2) is 10.2. The summed E-state index contributed by atoms with van der Waals surface area (Å²) in [6.45, 7) is 6.00. The van der Waals surface area contributed by atoms with Crippen molar-refractivity contribution in [3.63, 3.8) is 0 Å². The number of carbonyl (C=O) groups excluding carboxylic acids is 3. The van der Waals surface area contributed by atoms with E-state index in [1.54, 1.807) is 6.07 Å². The van der Waals surface area contributed by atoms with Crippen LogP contribution in [0.2, 0.25) is 0 Å². The average molecular weight is 386 g/mol. The molecule has 144 valence electrons. The summed E-state index contributed by atoms with van der Waals surface area (Å²) in [6, 6.07) is 11.8. The molecule has 27 heavy (non-hydrogen) atoms. The molecular formula is C22H27NO3S. The van der Waals surface area contributed by atoms with E-state index in [2.05, 4.69) is 5.32 Å². The number of hydrogen-bond acceptors (Lipinski definition) is 4. The fourth-order valence-corrected chi connectivity index (χ4v) is 3.66. The minimum Gasteiger partial charge on any atom is -0.349 e. The van der Waals surface area contributed by atoms with Crippen LogP contribution in [-0.2, 0) is 9.59 Å². The van der Waals surface area contributed by atoms with Gasteiger partial charge in [0.1, 0.15) is 5.78 Å². The lowest BCUT2D eigenvalue weighted by atomic mass is 10.0. The molecule has 1 aromatic heterocycles. The maximum absolute atomic E-state index is 12.2. The zero-order valence-corrected chi connectivity index (χ0v) is 17.0. The van der Waals surface area contributed by atoms with Crippen molar-refractivity contribution >= 4 is 28.8 Å². The van der Waals surface area contributed by atoms with Gasteiger partial charge in [-0.1, -0.05) is 36.8 Å². The summed E-state index contributed by atoms with van der Waals surface area (Å²) < 4.78 is 0. The van der Waals surface area contributed by atoms with Crippen LogP contribution < -0.4 is 5.32 Å². The second-order valence-electron chi connectivity index (χ2n) is 6.81. The van der Waals surface area contributed by atoms with Crippen LogP contribution in [0.25, 0.3) is 0 Å². The van der Waals surface area contributed by atoms with Crippen LogP contribution in [-0.4, -0.2) is 17.5 Å². The molecule has 0 aliphatic heterocycles. The van der Waals surface area contributed by atoms with Crippen molar-refractivity contribution in [2.75, 3.05) is 0 Å². The summed E-state index contributed by atoms with van der Waals surface area (Å²) in [5.41, 5.74) is 2.25. The maximum Gasteiger partial charge on any atom is 0.220 e. The Morgan fingerprint density at radius 1 is 0.926 bits per heavy atom. The van der Waals surface area contributed by atoms with Crippen LogP contribution >= 0.6 is 11.3 Å². The highest BCUT2D eigenvalue weighted by Gasteiger charge is 2.15. The smallest absolute Gasteiger partial charge is 0.220 e. The first-order valence-electron chi connectivity index (χ1n) is 9.36. The molecule has 4 nitrogen and oxygen atoms in total. The second-order valence-corrected chi connectivity index (χ2v) is 8.10. The number of nitrogens with one attached hydrogen (secondary N) is 1. The van der Waals surface area contributed by atoms with E-state index in [0.717, 1.165) is 16.9 Å². The Hall–Kier alpha value is -2.27. The Bertz CT molecular complexity index is 792. The molecule has 5 heteroatoms. The summed E-state index contributed by atoms with van der Waals surface area (Å²) >= 11 is 1.45.